The molecular weight excluding hydrogens is 522 g/mol. The van der Waals surface area contributed by atoms with E-state index in [9.17, 15) is 9.59 Å². The summed E-state index contributed by atoms with van der Waals surface area (Å²) in [6, 6.07) is 7.81. The highest BCUT2D eigenvalue weighted by atomic mass is 79.9. The number of halogens is 1. The van der Waals surface area contributed by atoms with E-state index in [2.05, 4.69) is 31.8 Å². The highest BCUT2D eigenvalue weighted by Crippen LogP contribution is 2.40. The van der Waals surface area contributed by atoms with Gasteiger partial charge in [-0.05, 0) is 48.9 Å². The van der Waals surface area contributed by atoms with Crippen molar-refractivity contribution in [3.05, 3.63) is 58.7 Å². The third-order valence-corrected chi connectivity index (χ3v) is 6.69. The number of carbonyl (C=O) groups excluding carboxylic acids is 2. The number of rotatable bonds is 7. The zero-order valence-corrected chi connectivity index (χ0v) is 22.8. The smallest absolute Gasteiger partial charge is 0.325 e. The summed E-state index contributed by atoms with van der Waals surface area (Å²) >= 11 is 0. The molecule has 0 radical (unpaired) electrons. The molecule has 2 aliphatic rings. The van der Waals surface area contributed by atoms with Crippen LogP contribution in [0.25, 0.3) is 11.0 Å². The molecule has 1 aliphatic heterocycles. The van der Waals surface area contributed by atoms with Gasteiger partial charge in [0.1, 0.15) is 18.1 Å². The molecule has 2 aromatic heterocycles. The van der Waals surface area contributed by atoms with E-state index in [1.54, 1.807) is 28.8 Å². The molecular formula is C27H32BrN5O3. The zero-order valence-electron chi connectivity index (χ0n) is 21.1. The number of carbonyl (C=O) groups is 2. The maximum Gasteiger partial charge on any atom is 0.325 e. The summed E-state index contributed by atoms with van der Waals surface area (Å²) in [5.41, 5.74) is 5.47. The molecule has 0 atom stereocenters. The Kier molecular flexibility index (Phi) is 7.05. The molecule has 5 rings (SSSR count). The Morgan fingerprint density at radius 3 is 2.58 bits per heavy atom. The third-order valence-electron chi connectivity index (χ3n) is 6.69. The Hall–Kier alpha value is -3.07. The molecule has 0 spiro atoms. The lowest BCUT2D eigenvalue weighted by molar-refractivity contribution is -0.143. The molecule has 1 aromatic carbocycles. The topological polar surface area (TPSA) is 101 Å². The summed E-state index contributed by atoms with van der Waals surface area (Å²) in [5, 5.41) is 8.65. The van der Waals surface area contributed by atoms with Crippen molar-refractivity contribution in [3.8, 4) is 0 Å². The van der Waals surface area contributed by atoms with Crippen LogP contribution in [0.1, 0.15) is 79.3 Å². The second-order valence-electron chi connectivity index (χ2n) is 10.5. The molecule has 0 bridgehead atoms. The first-order valence-electron chi connectivity index (χ1n) is 12.2. The number of hydrogen-bond donors (Lipinski definition) is 1. The van der Waals surface area contributed by atoms with Crippen molar-refractivity contribution < 1.29 is 14.3 Å². The second kappa shape index (κ2) is 9.76. The number of benzene rings is 1. The van der Waals surface area contributed by atoms with Crippen molar-refractivity contribution in [1.29, 1.82) is 5.41 Å². The number of ketones is 1. The number of nitrogens with zero attached hydrogens (tertiary/aromatic N) is 4. The molecule has 0 saturated heterocycles. The molecule has 1 aliphatic carbocycles. The first-order chi connectivity index (χ1) is 16.7. The number of fused-ring (bicyclic) bond motifs is 2. The Morgan fingerprint density at radius 1 is 1.17 bits per heavy atom. The minimum atomic E-state index is -0.345. The van der Waals surface area contributed by atoms with E-state index >= 15 is 0 Å². The molecule has 36 heavy (non-hydrogen) atoms. The van der Waals surface area contributed by atoms with Crippen LogP contribution in [-0.4, -0.2) is 50.2 Å². The van der Waals surface area contributed by atoms with Crippen LogP contribution in [0.4, 0.5) is 0 Å². The van der Waals surface area contributed by atoms with Gasteiger partial charge >= 0.3 is 5.97 Å². The van der Waals surface area contributed by atoms with Gasteiger partial charge in [-0.3, -0.25) is 15.0 Å². The minimum Gasteiger partial charge on any atom is -0.465 e. The number of hydrogen-bond acceptors (Lipinski definition) is 6. The Bertz CT molecular complexity index is 1350. The number of amidine groups is 1. The average molecular weight is 554 g/mol. The highest BCUT2D eigenvalue weighted by molar-refractivity contribution is 8.93. The number of pyridine rings is 1. The van der Waals surface area contributed by atoms with Crippen molar-refractivity contribution >= 4 is 45.6 Å². The highest BCUT2D eigenvalue weighted by Gasteiger charge is 2.32. The summed E-state index contributed by atoms with van der Waals surface area (Å²) in [6.07, 6.45) is 3.94. The van der Waals surface area contributed by atoms with Gasteiger partial charge in [0.15, 0.2) is 5.78 Å². The zero-order chi connectivity index (χ0) is 24.9. The third kappa shape index (κ3) is 4.93. The van der Waals surface area contributed by atoms with Gasteiger partial charge in [0.05, 0.1) is 30.5 Å². The van der Waals surface area contributed by atoms with E-state index in [1.807, 2.05) is 12.1 Å². The van der Waals surface area contributed by atoms with Crippen molar-refractivity contribution in [3.63, 3.8) is 0 Å². The van der Waals surface area contributed by atoms with Crippen LogP contribution in [0.2, 0.25) is 0 Å². The maximum absolute atomic E-state index is 13.5. The number of aromatic nitrogens is 3. The number of Topliss-reactive ketones (excluding diaryl/α,β-unsaturated/α-hetero) is 1. The first kappa shape index (κ1) is 26.0. The molecule has 190 valence electrons. The van der Waals surface area contributed by atoms with E-state index < -0.39 is 0 Å². The number of nitrogens with one attached hydrogen (secondary N) is 1. The molecule has 3 aromatic rings. The number of ether oxygens (including phenoxy) is 1. The van der Waals surface area contributed by atoms with E-state index in [-0.39, 0.29) is 47.2 Å². The van der Waals surface area contributed by atoms with Gasteiger partial charge in [-0.25, -0.2) is 9.97 Å². The van der Waals surface area contributed by atoms with Crippen LogP contribution in [0, 0.1) is 5.41 Å². The van der Waals surface area contributed by atoms with Crippen LogP contribution in [0.3, 0.4) is 0 Å². The fourth-order valence-electron chi connectivity index (χ4n) is 4.64. The molecule has 8 nitrogen and oxygen atoms in total. The van der Waals surface area contributed by atoms with Crippen molar-refractivity contribution in [2.24, 2.45) is 0 Å². The van der Waals surface area contributed by atoms with Gasteiger partial charge in [0.2, 0.25) is 0 Å². The fraction of sp³-hybridized carbons (Fsp3) is 0.444. The van der Waals surface area contributed by atoms with Crippen molar-refractivity contribution in [1.82, 2.24) is 19.4 Å². The predicted octanol–water partition coefficient (Wildman–Crippen LogP) is 4.77. The van der Waals surface area contributed by atoms with Gasteiger partial charge in [0, 0.05) is 29.3 Å². The maximum atomic E-state index is 13.5. The lowest BCUT2D eigenvalue weighted by Gasteiger charge is -2.22. The number of esters is 1. The number of imidazole rings is 1. The van der Waals surface area contributed by atoms with E-state index in [0.717, 1.165) is 40.7 Å². The van der Waals surface area contributed by atoms with E-state index in [4.69, 9.17) is 15.1 Å². The molecule has 3 heterocycles. The summed E-state index contributed by atoms with van der Waals surface area (Å²) in [6.45, 7) is 8.95. The van der Waals surface area contributed by atoms with Gasteiger partial charge in [-0.1, -0.05) is 26.8 Å². The van der Waals surface area contributed by atoms with Crippen LogP contribution < -0.4 is 0 Å². The van der Waals surface area contributed by atoms with Crippen LogP contribution in [0.15, 0.2) is 30.6 Å². The van der Waals surface area contributed by atoms with Crippen molar-refractivity contribution in [2.45, 2.75) is 65.0 Å². The monoisotopic (exact) mass is 553 g/mol. The Morgan fingerprint density at radius 2 is 1.92 bits per heavy atom. The lowest BCUT2D eigenvalue weighted by Crippen LogP contribution is -2.30. The summed E-state index contributed by atoms with van der Waals surface area (Å²) in [4.78, 5) is 36.7. The standard InChI is InChI=1S/C27H31N5O3.BrH/c1-5-35-23(34)14-32-15-29-25-19(27(2,3)4)10-18(11-21(25)32)22(33)13-31-12-17-8-9-20(16-6-7-16)30-24(17)26(31)28;/h8-11,15-16,28H,5-7,12-14H2,1-4H3;1H. The Labute approximate surface area is 221 Å². The first-order valence-corrected chi connectivity index (χ1v) is 12.2. The van der Waals surface area contributed by atoms with Crippen LogP contribution >= 0.6 is 17.0 Å². The van der Waals surface area contributed by atoms with Crippen molar-refractivity contribution in [2.75, 3.05) is 13.2 Å². The molecule has 1 fully saturated rings. The fourth-order valence-corrected chi connectivity index (χ4v) is 4.64. The van der Waals surface area contributed by atoms with Crippen LogP contribution in [-0.2, 0) is 28.0 Å². The normalized spacial score (nSPS) is 15.1. The lowest BCUT2D eigenvalue weighted by atomic mass is 9.84. The Balaban J connectivity index is 0.00000304. The van der Waals surface area contributed by atoms with Gasteiger partial charge < -0.3 is 14.2 Å². The second-order valence-corrected chi connectivity index (χ2v) is 10.5. The average Bonchev–Trinajstić information content (AvgIpc) is 3.52. The van der Waals surface area contributed by atoms with E-state index in [1.165, 1.54) is 0 Å². The molecule has 1 saturated carbocycles. The van der Waals surface area contributed by atoms with Gasteiger partial charge in [-0.15, -0.1) is 17.0 Å². The van der Waals surface area contributed by atoms with E-state index in [0.29, 0.717) is 36.2 Å². The molecule has 9 heteroatoms. The summed E-state index contributed by atoms with van der Waals surface area (Å²) in [7, 11) is 0. The van der Waals surface area contributed by atoms with Gasteiger partial charge in [-0.2, -0.15) is 0 Å². The van der Waals surface area contributed by atoms with Gasteiger partial charge in [0.25, 0.3) is 0 Å². The largest absolute Gasteiger partial charge is 0.465 e. The molecule has 0 amide bonds. The van der Waals surface area contributed by atoms with Crippen LogP contribution in [0.5, 0.6) is 0 Å². The predicted molar refractivity (Wildman–Crippen MR) is 143 cm³/mol. The minimum absolute atomic E-state index is 0. The summed E-state index contributed by atoms with van der Waals surface area (Å²) < 4.78 is 6.84. The SMILES string of the molecule is Br.CCOC(=O)Cn1cnc2c(C(C)(C)C)cc(C(=O)CN3Cc4ccc(C5CC5)nc4C3=N)cc21. The molecule has 1 N–H and O–H groups in total. The quantitative estimate of drug-likeness (QED) is 0.334. The summed E-state index contributed by atoms with van der Waals surface area (Å²) in [5.74, 6) is 0.398. The molecule has 0 unspecified atom stereocenters.